The van der Waals surface area contributed by atoms with E-state index in [0.717, 1.165) is 22.7 Å². The quantitative estimate of drug-likeness (QED) is 0.0336. The summed E-state index contributed by atoms with van der Waals surface area (Å²) in [6.45, 7) is -0.963. The molecule has 2 aliphatic carbocycles. The second kappa shape index (κ2) is 24.0. The van der Waals surface area contributed by atoms with Gasteiger partial charge in [-0.3, -0.25) is 19.2 Å². The first kappa shape index (κ1) is 56.1. The van der Waals surface area contributed by atoms with Crippen LogP contribution in [0.5, 0.6) is 11.5 Å². The van der Waals surface area contributed by atoms with E-state index in [0.29, 0.717) is 53.6 Å². The molecule has 3 heterocycles. The molecule has 0 aliphatic heterocycles. The van der Waals surface area contributed by atoms with Crippen LogP contribution in [0.1, 0.15) is 54.3 Å². The lowest BCUT2D eigenvalue weighted by molar-refractivity contribution is -0.165. The Morgan fingerprint density at radius 3 is 1.02 bits per heavy atom. The fourth-order valence-electron chi connectivity index (χ4n) is 10.3. The first-order valence-corrected chi connectivity index (χ1v) is 28.4. The number of ether oxygens (including phenoxy) is 6. The molecule has 19 heteroatoms. The zero-order chi connectivity index (χ0) is 59.2. The number of carbonyl (C=O) groups excluding carboxylic acids is 4. The van der Waals surface area contributed by atoms with Crippen LogP contribution in [-0.2, 0) is 75.4 Å². The van der Waals surface area contributed by atoms with Crippen molar-refractivity contribution >= 4 is 123 Å². The van der Waals surface area contributed by atoms with E-state index in [1.54, 1.807) is 146 Å². The standard InChI is InChI=1S/C66H42N6O10S3/c1-77-53-29-57(71-45(31-67)32-68)84-59(53)51-23-43-25-55-47(27-49(43)65(51,61(73)79-35-39-15-7-3-8-16-39)62(74)80-36-40-17-9-4-10-18-40)48-28-50-44(26-56(48)83-55)24-52(60-54(78-2)30-58(85-60)72-46(33-69)34-70)66(50,63(75)81-37-41-19-11-5-12-20-41)64(76)82-38-42-21-13-6-14-22-42/h3-30H,35-38H2,1-2H3. The number of benzene rings is 6. The Hall–Kier alpha value is -10.8. The molecule has 414 valence electrons. The zero-order valence-electron chi connectivity index (χ0n) is 45.0. The molecule has 9 aromatic rings. The van der Waals surface area contributed by atoms with Crippen molar-refractivity contribution in [2.75, 3.05) is 14.2 Å². The third-order valence-electron chi connectivity index (χ3n) is 14.3. The summed E-state index contributed by atoms with van der Waals surface area (Å²) in [6, 6.07) is 53.0. The van der Waals surface area contributed by atoms with E-state index in [1.807, 2.05) is 36.4 Å². The minimum absolute atomic E-state index is 0.112. The summed E-state index contributed by atoms with van der Waals surface area (Å²) < 4.78 is 38.1. The van der Waals surface area contributed by atoms with Crippen molar-refractivity contribution < 1.29 is 47.6 Å². The number of thiophene rings is 3. The van der Waals surface area contributed by atoms with Gasteiger partial charge in [0.25, 0.3) is 0 Å². The number of rotatable bonds is 18. The molecule has 0 radical (unpaired) electrons. The van der Waals surface area contributed by atoms with Crippen molar-refractivity contribution in [1.29, 1.82) is 21.0 Å². The summed E-state index contributed by atoms with van der Waals surface area (Å²) >= 11 is 3.34. The van der Waals surface area contributed by atoms with Crippen LogP contribution in [0.25, 0.3) is 43.5 Å². The Bertz CT molecular complexity index is 4050. The van der Waals surface area contributed by atoms with Gasteiger partial charge in [0.05, 0.1) is 24.0 Å². The van der Waals surface area contributed by atoms with Crippen molar-refractivity contribution in [1.82, 2.24) is 0 Å². The predicted octanol–water partition coefficient (Wildman–Crippen LogP) is 13.0. The summed E-state index contributed by atoms with van der Waals surface area (Å²) in [5.74, 6) is -3.62. The molecule has 0 fully saturated rings. The Morgan fingerprint density at radius 2 is 0.741 bits per heavy atom. The van der Waals surface area contributed by atoms with Crippen molar-refractivity contribution in [3.05, 3.63) is 212 Å². The minimum atomic E-state index is -2.39. The normalized spacial score (nSPS) is 13.0. The van der Waals surface area contributed by atoms with Crippen molar-refractivity contribution in [3.8, 4) is 35.8 Å². The smallest absolute Gasteiger partial charge is 0.333 e. The molecule has 0 saturated heterocycles. The third kappa shape index (κ3) is 10.4. The van der Waals surface area contributed by atoms with Gasteiger partial charge in [-0.05, 0) is 80.9 Å². The highest BCUT2D eigenvalue weighted by Crippen LogP contribution is 2.58. The van der Waals surface area contributed by atoms with Gasteiger partial charge in [-0.2, -0.15) is 21.0 Å². The maximum atomic E-state index is 15.7. The number of carbonyl (C=O) groups is 4. The maximum absolute atomic E-state index is 15.7. The average molecular weight is 1180 g/mol. The van der Waals surface area contributed by atoms with Crippen LogP contribution < -0.4 is 9.47 Å². The molecule has 0 saturated carbocycles. The number of nitrogens with zero attached hydrogens (tertiary/aromatic N) is 6. The Morgan fingerprint density at radius 1 is 0.435 bits per heavy atom. The topological polar surface area (TPSA) is 244 Å². The number of nitriles is 4. The lowest BCUT2D eigenvalue weighted by atomic mass is 9.75. The van der Waals surface area contributed by atoms with E-state index < -0.39 is 46.1 Å². The number of esters is 4. The van der Waals surface area contributed by atoms with Gasteiger partial charge in [0.15, 0.2) is 0 Å². The summed E-state index contributed by atoms with van der Waals surface area (Å²) in [7, 11) is 2.80. The largest absolute Gasteiger partial charge is 0.495 e. The van der Waals surface area contributed by atoms with Crippen molar-refractivity contribution in [3.63, 3.8) is 0 Å². The second-order valence-electron chi connectivity index (χ2n) is 19.2. The molecular weight excluding hydrogens is 1130 g/mol. The molecule has 3 aromatic heterocycles. The molecule has 0 spiro atoms. The van der Waals surface area contributed by atoms with E-state index in [2.05, 4.69) is 9.98 Å². The number of aliphatic imine (C=N–C) groups is 2. The van der Waals surface area contributed by atoms with Gasteiger partial charge >= 0.3 is 23.9 Å². The van der Waals surface area contributed by atoms with Crippen LogP contribution in [0.4, 0.5) is 10.0 Å². The number of fused-ring (bicyclic) bond motifs is 5. The molecular formula is C66H42N6O10S3. The third-order valence-corrected chi connectivity index (χ3v) is 17.5. The van der Waals surface area contributed by atoms with Crippen LogP contribution in [0.3, 0.4) is 0 Å². The SMILES string of the molecule is COc1cc(N=C(C#N)C#N)sc1C1=Cc2cc3sc4cc5c(cc4c3cc2C1(C(=O)OCc1ccccc1)C(=O)OCc1ccccc1)C(C(=O)OCc1ccccc1)(C(=O)OCc1ccccc1)C(c1sc(N=C(C#N)C#N)cc1OC)=C5. The predicted molar refractivity (Wildman–Crippen MR) is 322 cm³/mol. The highest BCUT2D eigenvalue weighted by atomic mass is 32.1. The first-order valence-electron chi connectivity index (χ1n) is 26.0. The van der Waals surface area contributed by atoms with Crippen LogP contribution in [-0.4, -0.2) is 49.5 Å². The molecule has 0 N–H and O–H groups in total. The first-order chi connectivity index (χ1) is 41.5. The highest BCUT2D eigenvalue weighted by molar-refractivity contribution is 7.26. The highest BCUT2D eigenvalue weighted by Gasteiger charge is 2.61. The van der Waals surface area contributed by atoms with Crippen LogP contribution in [0.2, 0.25) is 0 Å². The molecule has 16 nitrogen and oxygen atoms in total. The summed E-state index contributed by atoms with van der Waals surface area (Å²) in [5, 5.41) is 40.1. The molecule has 0 bridgehead atoms. The fourth-order valence-corrected chi connectivity index (χ4v) is 13.7. The summed E-state index contributed by atoms with van der Waals surface area (Å²) in [4.78, 5) is 71.9. The molecule has 11 rings (SSSR count). The van der Waals surface area contributed by atoms with Gasteiger partial charge in [-0.25, -0.2) is 9.98 Å². The Balaban J connectivity index is 1.15. The maximum Gasteiger partial charge on any atom is 0.333 e. The van der Waals surface area contributed by atoms with Crippen LogP contribution in [0.15, 0.2) is 168 Å². The Kier molecular flexibility index (Phi) is 15.8. The molecule has 6 aromatic carbocycles. The summed E-state index contributed by atoms with van der Waals surface area (Å²) in [6.07, 6.45) is 3.39. The minimum Gasteiger partial charge on any atom is -0.495 e. The molecule has 0 atom stereocenters. The molecule has 2 aliphatic rings. The van der Waals surface area contributed by atoms with E-state index in [-0.39, 0.29) is 80.0 Å². The fraction of sp³-hybridized carbons (Fsp3) is 0.121. The van der Waals surface area contributed by atoms with Gasteiger partial charge in [0, 0.05) is 43.5 Å². The van der Waals surface area contributed by atoms with E-state index in [9.17, 15) is 21.0 Å². The number of methoxy groups -OCH3 is 2. The lowest BCUT2D eigenvalue weighted by Gasteiger charge is -2.30. The zero-order valence-corrected chi connectivity index (χ0v) is 47.4. The molecule has 85 heavy (non-hydrogen) atoms. The van der Waals surface area contributed by atoms with Crippen LogP contribution >= 0.6 is 34.0 Å². The lowest BCUT2D eigenvalue weighted by Crippen LogP contribution is -2.46. The van der Waals surface area contributed by atoms with E-state index in [1.165, 1.54) is 37.7 Å². The molecule has 0 unspecified atom stereocenters. The Labute approximate surface area is 497 Å². The number of hydrogen-bond donors (Lipinski definition) is 0. The average Bonchev–Trinajstić information content (AvgIpc) is 1.62. The number of hydrogen-bond acceptors (Lipinski definition) is 19. The van der Waals surface area contributed by atoms with Crippen molar-refractivity contribution in [2.24, 2.45) is 9.98 Å². The van der Waals surface area contributed by atoms with Gasteiger partial charge in [-0.15, -0.1) is 34.0 Å². The van der Waals surface area contributed by atoms with Gasteiger partial charge in [-0.1, -0.05) is 121 Å². The van der Waals surface area contributed by atoms with Crippen molar-refractivity contribution in [2.45, 2.75) is 37.3 Å². The summed E-state index contributed by atoms with van der Waals surface area (Å²) in [5.41, 5.74) is -1.70. The second-order valence-corrected chi connectivity index (χ2v) is 22.3. The van der Waals surface area contributed by atoms with E-state index >= 15 is 19.2 Å². The van der Waals surface area contributed by atoms with Gasteiger partial charge in [0.2, 0.25) is 22.3 Å². The van der Waals surface area contributed by atoms with E-state index in [4.69, 9.17) is 28.4 Å². The monoisotopic (exact) mass is 1170 g/mol. The van der Waals surface area contributed by atoms with Gasteiger partial charge < -0.3 is 28.4 Å². The molecule has 0 amide bonds. The van der Waals surface area contributed by atoms with Crippen LogP contribution in [0, 0.1) is 45.3 Å². The van der Waals surface area contributed by atoms with Gasteiger partial charge in [0.1, 0.15) is 72.2 Å².